The molecule has 68 valence electrons. The number of hydrogen-bond donors (Lipinski definition) is 0. The number of methoxy groups -OCH3 is 1. The highest BCUT2D eigenvalue weighted by molar-refractivity contribution is 6.06. The Hall–Kier alpha value is -1.57. The molecular weight excluding hydrogens is 164 g/mol. The third kappa shape index (κ3) is 1.78. The lowest BCUT2D eigenvalue weighted by atomic mass is 10.1. The number of aryl methyl sites for hydroxylation is 1. The lowest BCUT2D eigenvalue weighted by Crippen LogP contribution is -1.99. The predicted molar refractivity (Wildman–Crippen MR) is 52.3 cm³/mol. The molecule has 0 radical (unpaired) electrons. The second-order valence-corrected chi connectivity index (χ2v) is 2.72. The van der Waals surface area contributed by atoms with Crippen LogP contribution in [-0.2, 0) is 0 Å². The molecule has 0 saturated carbocycles. The molecule has 0 bridgehead atoms. The van der Waals surface area contributed by atoms with Gasteiger partial charge in [0.2, 0.25) is 0 Å². The van der Waals surface area contributed by atoms with Crippen molar-refractivity contribution in [3.05, 3.63) is 42.0 Å². The summed E-state index contributed by atoms with van der Waals surface area (Å²) in [5, 5.41) is 0. The first-order valence-corrected chi connectivity index (χ1v) is 4.01. The summed E-state index contributed by atoms with van der Waals surface area (Å²) in [5.74, 6) is 0.521. The van der Waals surface area contributed by atoms with Crippen molar-refractivity contribution >= 4 is 5.78 Å². The first kappa shape index (κ1) is 9.52. The number of para-hydroxylation sites is 1. The number of benzene rings is 1. The summed E-state index contributed by atoms with van der Waals surface area (Å²) in [5.41, 5.74) is 1.52. The van der Waals surface area contributed by atoms with Crippen LogP contribution in [0.2, 0.25) is 0 Å². The van der Waals surface area contributed by atoms with Crippen LogP contribution in [-0.4, -0.2) is 12.9 Å². The number of hydrogen-bond acceptors (Lipinski definition) is 2. The van der Waals surface area contributed by atoms with Crippen molar-refractivity contribution in [2.75, 3.05) is 7.11 Å². The molecule has 0 heterocycles. The van der Waals surface area contributed by atoms with E-state index in [9.17, 15) is 4.79 Å². The van der Waals surface area contributed by atoms with Crippen LogP contribution >= 0.6 is 0 Å². The van der Waals surface area contributed by atoms with Crippen LogP contribution in [0.5, 0.6) is 5.75 Å². The van der Waals surface area contributed by atoms with Gasteiger partial charge in [-0.25, -0.2) is 0 Å². The molecule has 0 atom stereocenters. The van der Waals surface area contributed by atoms with Crippen LogP contribution in [0, 0.1) is 6.92 Å². The molecule has 0 unspecified atom stereocenters. The highest BCUT2D eigenvalue weighted by atomic mass is 16.5. The summed E-state index contributed by atoms with van der Waals surface area (Å²) < 4.78 is 5.13. The lowest BCUT2D eigenvalue weighted by Gasteiger charge is -2.07. The van der Waals surface area contributed by atoms with E-state index in [1.165, 1.54) is 6.08 Å². The Bertz CT molecular complexity index is 340. The van der Waals surface area contributed by atoms with Gasteiger partial charge in [-0.15, -0.1) is 0 Å². The summed E-state index contributed by atoms with van der Waals surface area (Å²) in [4.78, 5) is 11.3. The molecule has 0 aromatic heterocycles. The minimum absolute atomic E-state index is 0.111. The fourth-order valence-corrected chi connectivity index (χ4v) is 1.23. The van der Waals surface area contributed by atoms with Gasteiger partial charge in [-0.2, -0.15) is 0 Å². The zero-order chi connectivity index (χ0) is 9.84. The third-order valence-corrected chi connectivity index (χ3v) is 1.87. The Morgan fingerprint density at radius 1 is 1.54 bits per heavy atom. The quantitative estimate of drug-likeness (QED) is 0.522. The van der Waals surface area contributed by atoms with E-state index in [-0.39, 0.29) is 5.78 Å². The molecule has 1 rings (SSSR count). The number of carbonyl (C=O) groups is 1. The van der Waals surface area contributed by atoms with Gasteiger partial charge in [0.05, 0.1) is 12.7 Å². The highest BCUT2D eigenvalue weighted by Crippen LogP contribution is 2.23. The smallest absolute Gasteiger partial charge is 0.188 e. The Morgan fingerprint density at radius 2 is 2.23 bits per heavy atom. The van der Waals surface area contributed by atoms with Crippen molar-refractivity contribution in [2.24, 2.45) is 0 Å². The molecular formula is C11H12O2. The van der Waals surface area contributed by atoms with E-state index >= 15 is 0 Å². The number of ether oxygens (including phenoxy) is 1. The van der Waals surface area contributed by atoms with Crippen molar-refractivity contribution in [3.8, 4) is 5.75 Å². The molecule has 2 heteroatoms. The van der Waals surface area contributed by atoms with Gasteiger partial charge in [-0.3, -0.25) is 4.79 Å². The van der Waals surface area contributed by atoms with E-state index < -0.39 is 0 Å². The average molecular weight is 176 g/mol. The minimum Gasteiger partial charge on any atom is -0.496 e. The summed E-state index contributed by atoms with van der Waals surface area (Å²) >= 11 is 0. The number of carbonyl (C=O) groups excluding carboxylic acids is 1. The monoisotopic (exact) mass is 176 g/mol. The minimum atomic E-state index is -0.111. The van der Waals surface area contributed by atoms with Gasteiger partial charge in [0.25, 0.3) is 0 Å². The molecule has 0 aliphatic heterocycles. The van der Waals surface area contributed by atoms with Crippen molar-refractivity contribution in [2.45, 2.75) is 6.92 Å². The third-order valence-electron chi connectivity index (χ3n) is 1.87. The second-order valence-electron chi connectivity index (χ2n) is 2.72. The van der Waals surface area contributed by atoms with Crippen molar-refractivity contribution in [3.63, 3.8) is 0 Å². The van der Waals surface area contributed by atoms with E-state index in [0.717, 1.165) is 5.56 Å². The molecule has 0 amide bonds. The molecule has 0 spiro atoms. The fourth-order valence-electron chi connectivity index (χ4n) is 1.23. The van der Waals surface area contributed by atoms with Crippen LogP contribution in [0.1, 0.15) is 15.9 Å². The Labute approximate surface area is 77.8 Å². The normalized spacial score (nSPS) is 9.38. The zero-order valence-corrected chi connectivity index (χ0v) is 7.83. The fraction of sp³-hybridized carbons (Fsp3) is 0.182. The van der Waals surface area contributed by atoms with Gasteiger partial charge in [-0.05, 0) is 24.6 Å². The van der Waals surface area contributed by atoms with E-state index in [1.54, 1.807) is 13.2 Å². The molecule has 0 saturated heterocycles. The molecule has 1 aromatic carbocycles. The SMILES string of the molecule is C=CC(=O)c1cccc(C)c1OC. The molecule has 13 heavy (non-hydrogen) atoms. The second kappa shape index (κ2) is 3.90. The first-order chi connectivity index (χ1) is 6.20. The van der Waals surface area contributed by atoms with Gasteiger partial charge in [-0.1, -0.05) is 18.7 Å². The van der Waals surface area contributed by atoms with Crippen LogP contribution in [0.25, 0.3) is 0 Å². The molecule has 2 nitrogen and oxygen atoms in total. The Kier molecular flexibility index (Phi) is 2.85. The number of allylic oxidation sites excluding steroid dienone is 1. The average Bonchev–Trinajstić information content (AvgIpc) is 2.16. The molecule has 0 N–H and O–H groups in total. The Morgan fingerprint density at radius 3 is 2.77 bits per heavy atom. The number of ketones is 1. The van der Waals surface area contributed by atoms with Crippen molar-refractivity contribution in [1.29, 1.82) is 0 Å². The largest absolute Gasteiger partial charge is 0.496 e. The summed E-state index contributed by atoms with van der Waals surface area (Å²) in [7, 11) is 1.56. The van der Waals surface area contributed by atoms with Crippen LogP contribution in [0.4, 0.5) is 0 Å². The van der Waals surface area contributed by atoms with Gasteiger partial charge < -0.3 is 4.74 Å². The van der Waals surface area contributed by atoms with Gasteiger partial charge >= 0.3 is 0 Å². The van der Waals surface area contributed by atoms with Gasteiger partial charge in [0.1, 0.15) is 5.75 Å². The van der Waals surface area contributed by atoms with Crippen LogP contribution in [0.15, 0.2) is 30.9 Å². The van der Waals surface area contributed by atoms with E-state index in [0.29, 0.717) is 11.3 Å². The van der Waals surface area contributed by atoms with E-state index in [2.05, 4.69) is 6.58 Å². The lowest BCUT2D eigenvalue weighted by molar-refractivity contribution is 0.104. The van der Waals surface area contributed by atoms with Gasteiger partial charge in [0, 0.05) is 0 Å². The van der Waals surface area contributed by atoms with E-state index in [1.807, 2.05) is 19.1 Å². The van der Waals surface area contributed by atoms with Crippen molar-refractivity contribution in [1.82, 2.24) is 0 Å². The summed E-state index contributed by atoms with van der Waals surface area (Å²) in [6.45, 7) is 5.34. The Balaban J connectivity index is 3.27. The van der Waals surface area contributed by atoms with Crippen molar-refractivity contribution < 1.29 is 9.53 Å². The molecule has 1 aromatic rings. The molecule has 0 fully saturated rings. The topological polar surface area (TPSA) is 26.3 Å². The molecule has 0 aliphatic carbocycles. The maximum absolute atomic E-state index is 11.3. The standard InChI is InChI=1S/C11H12O2/c1-4-10(12)9-7-5-6-8(2)11(9)13-3/h4-7H,1H2,2-3H3. The summed E-state index contributed by atoms with van der Waals surface area (Å²) in [6.07, 6.45) is 1.29. The maximum Gasteiger partial charge on any atom is 0.188 e. The summed E-state index contributed by atoms with van der Waals surface area (Å²) in [6, 6.07) is 5.46. The van der Waals surface area contributed by atoms with E-state index in [4.69, 9.17) is 4.74 Å². The van der Waals surface area contributed by atoms with Gasteiger partial charge in [0.15, 0.2) is 5.78 Å². The van der Waals surface area contributed by atoms with Crippen LogP contribution < -0.4 is 4.74 Å². The predicted octanol–water partition coefficient (Wildman–Crippen LogP) is 2.37. The first-order valence-electron chi connectivity index (χ1n) is 4.01. The highest BCUT2D eigenvalue weighted by Gasteiger charge is 2.09. The zero-order valence-electron chi connectivity index (χ0n) is 7.83. The molecule has 0 aliphatic rings. The maximum atomic E-state index is 11.3. The van der Waals surface area contributed by atoms with Crippen LogP contribution in [0.3, 0.4) is 0 Å². The number of rotatable bonds is 3.